The summed E-state index contributed by atoms with van der Waals surface area (Å²) >= 11 is 0. The van der Waals surface area contributed by atoms with Crippen LogP contribution in [0.2, 0.25) is 0 Å². The van der Waals surface area contributed by atoms with E-state index in [1.807, 2.05) is 0 Å². The maximum atomic E-state index is 11.3. The van der Waals surface area contributed by atoms with Gasteiger partial charge >= 0.3 is 5.97 Å². The molecule has 7 heteroatoms. The van der Waals surface area contributed by atoms with Crippen LogP contribution in [0.3, 0.4) is 0 Å². The zero-order chi connectivity index (χ0) is 12.0. The summed E-state index contributed by atoms with van der Waals surface area (Å²) in [5.41, 5.74) is 0.197. The second kappa shape index (κ2) is 5.64. The molecule has 0 aliphatic heterocycles. The van der Waals surface area contributed by atoms with Gasteiger partial charge in [0.15, 0.2) is 5.69 Å². The lowest BCUT2D eigenvalue weighted by Crippen LogP contribution is -2.24. The summed E-state index contributed by atoms with van der Waals surface area (Å²) in [7, 11) is 0. The number of nitrogens with zero attached hydrogens (tertiary/aromatic N) is 2. The van der Waals surface area contributed by atoms with Gasteiger partial charge in [0.2, 0.25) is 0 Å². The predicted molar refractivity (Wildman–Crippen MR) is 56.2 cm³/mol. The van der Waals surface area contributed by atoms with Gasteiger partial charge in [0.1, 0.15) is 12.4 Å². The zero-order valence-corrected chi connectivity index (χ0v) is 8.73. The molecule has 0 radical (unpaired) electrons. The molecular formula is C9H12N4O3. The van der Waals surface area contributed by atoms with Gasteiger partial charge in [-0.15, -0.1) is 10.2 Å². The van der Waals surface area contributed by atoms with E-state index in [1.165, 1.54) is 12.1 Å². The second-order valence-electron chi connectivity index (χ2n) is 2.91. The second-order valence-corrected chi connectivity index (χ2v) is 2.91. The summed E-state index contributed by atoms with van der Waals surface area (Å²) < 4.78 is 0. The van der Waals surface area contributed by atoms with Crippen LogP contribution < -0.4 is 10.6 Å². The minimum atomic E-state index is -0.991. The van der Waals surface area contributed by atoms with E-state index in [4.69, 9.17) is 5.11 Å². The predicted octanol–water partition coefficient (Wildman–Crippen LogP) is -0.277. The van der Waals surface area contributed by atoms with Crippen molar-refractivity contribution in [2.75, 3.05) is 18.4 Å². The minimum absolute atomic E-state index is 0.197. The first-order valence-electron chi connectivity index (χ1n) is 4.71. The van der Waals surface area contributed by atoms with Crippen LogP contribution in [0, 0.1) is 0 Å². The fraction of sp³-hybridized carbons (Fsp3) is 0.333. The molecule has 1 aromatic heterocycles. The Morgan fingerprint density at radius 3 is 2.62 bits per heavy atom. The average Bonchev–Trinajstić information content (AvgIpc) is 2.27. The topological polar surface area (TPSA) is 104 Å². The van der Waals surface area contributed by atoms with Crippen LogP contribution in [0.5, 0.6) is 0 Å². The summed E-state index contributed by atoms with van der Waals surface area (Å²) in [6.07, 6.45) is 0. The van der Waals surface area contributed by atoms with Crippen molar-refractivity contribution in [3.8, 4) is 0 Å². The van der Waals surface area contributed by atoms with E-state index in [2.05, 4.69) is 20.8 Å². The quantitative estimate of drug-likeness (QED) is 0.635. The molecule has 0 atom stereocenters. The Kier molecular flexibility index (Phi) is 4.19. The highest BCUT2D eigenvalue weighted by Crippen LogP contribution is 2.01. The van der Waals surface area contributed by atoms with E-state index >= 15 is 0 Å². The highest BCUT2D eigenvalue weighted by Gasteiger charge is 2.06. The number of carboxylic acid groups (broad SMARTS) is 1. The lowest BCUT2D eigenvalue weighted by atomic mass is 10.3. The van der Waals surface area contributed by atoms with Crippen LogP contribution >= 0.6 is 0 Å². The Bertz CT molecular complexity index is 377. The Morgan fingerprint density at radius 2 is 2.12 bits per heavy atom. The number of carboxylic acids is 1. The normalized spacial score (nSPS) is 9.56. The third kappa shape index (κ3) is 3.52. The summed E-state index contributed by atoms with van der Waals surface area (Å²) in [5, 5.41) is 20.9. The molecule has 0 fully saturated rings. The molecule has 0 saturated heterocycles. The molecule has 0 unspecified atom stereocenters. The molecule has 1 aromatic rings. The number of rotatable bonds is 5. The Balaban J connectivity index is 2.60. The van der Waals surface area contributed by atoms with E-state index in [1.54, 1.807) is 6.92 Å². The zero-order valence-electron chi connectivity index (χ0n) is 8.73. The van der Waals surface area contributed by atoms with Gasteiger partial charge in [-0.1, -0.05) is 0 Å². The first-order chi connectivity index (χ1) is 7.63. The van der Waals surface area contributed by atoms with Crippen LogP contribution in [-0.2, 0) is 4.79 Å². The Labute approximate surface area is 91.9 Å². The van der Waals surface area contributed by atoms with Gasteiger partial charge in [0.25, 0.3) is 5.91 Å². The molecule has 0 spiro atoms. The van der Waals surface area contributed by atoms with Crippen molar-refractivity contribution >= 4 is 17.7 Å². The van der Waals surface area contributed by atoms with Gasteiger partial charge in [-0.3, -0.25) is 9.59 Å². The van der Waals surface area contributed by atoms with Gasteiger partial charge < -0.3 is 15.7 Å². The number of amides is 1. The monoisotopic (exact) mass is 224 g/mol. The van der Waals surface area contributed by atoms with Crippen LogP contribution in [-0.4, -0.2) is 40.3 Å². The van der Waals surface area contributed by atoms with E-state index < -0.39 is 5.97 Å². The van der Waals surface area contributed by atoms with Gasteiger partial charge in [-0.25, -0.2) is 0 Å². The largest absolute Gasteiger partial charge is 0.480 e. The minimum Gasteiger partial charge on any atom is -0.480 e. The van der Waals surface area contributed by atoms with Crippen LogP contribution in [0.25, 0.3) is 0 Å². The van der Waals surface area contributed by atoms with Crippen LogP contribution in [0.1, 0.15) is 17.4 Å². The van der Waals surface area contributed by atoms with Crippen molar-refractivity contribution in [1.29, 1.82) is 0 Å². The number of hydrogen-bond donors (Lipinski definition) is 3. The van der Waals surface area contributed by atoms with Crippen LogP contribution in [0.4, 0.5) is 5.82 Å². The average molecular weight is 224 g/mol. The lowest BCUT2D eigenvalue weighted by molar-refractivity contribution is -0.134. The molecule has 1 amide bonds. The molecule has 3 N–H and O–H groups in total. The van der Waals surface area contributed by atoms with Crippen LogP contribution in [0.15, 0.2) is 12.1 Å². The standard InChI is InChI=1S/C9H12N4O3/c1-2-10-9(16)6-3-4-7(13-12-6)11-5-8(14)15/h3-4H,2,5H2,1H3,(H,10,16)(H,11,13)(H,14,15). The molecule has 1 rings (SSSR count). The summed E-state index contributed by atoms with van der Waals surface area (Å²) in [6.45, 7) is 2.07. The summed E-state index contributed by atoms with van der Waals surface area (Å²) in [6, 6.07) is 2.97. The highest BCUT2D eigenvalue weighted by molar-refractivity contribution is 5.92. The molecule has 0 aromatic carbocycles. The fourth-order valence-corrected chi connectivity index (χ4v) is 0.965. The number of hydrogen-bond acceptors (Lipinski definition) is 5. The van der Waals surface area contributed by atoms with Crippen molar-refractivity contribution in [2.24, 2.45) is 0 Å². The number of carbonyl (C=O) groups is 2. The molecule has 7 nitrogen and oxygen atoms in total. The number of aliphatic carboxylic acids is 1. The van der Waals surface area contributed by atoms with Crippen molar-refractivity contribution in [2.45, 2.75) is 6.92 Å². The molecule has 0 bridgehead atoms. The maximum Gasteiger partial charge on any atom is 0.322 e. The highest BCUT2D eigenvalue weighted by atomic mass is 16.4. The Hall–Kier alpha value is -2.18. The molecule has 16 heavy (non-hydrogen) atoms. The first-order valence-corrected chi connectivity index (χ1v) is 4.71. The van der Waals surface area contributed by atoms with Gasteiger partial charge in [-0.2, -0.15) is 0 Å². The molecule has 1 heterocycles. The number of aromatic nitrogens is 2. The van der Waals surface area contributed by atoms with E-state index in [0.29, 0.717) is 12.4 Å². The molecule has 86 valence electrons. The van der Waals surface area contributed by atoms with Crippen molar-refractivity contribution < 1.29 is 14.7 Å². The summed E-state index contributed by atoms with van der Waals surface area (Å²) in [5.74, 6) is -0.982. The lowest BCUT2D eigenvalue weighted by Gasteiger charge is -2.03. The van der Waals surface area contributed by atoms with E-state index in [-0.39, 0.29) is 18.1 Å². The summed E-state index contributed by atoms with van der Waals surface area (Å²) in [4.78, 5) is 21.6. The Morgan fingerprint density at radius 1 is 1.38 bits per heavy atom. The number of carbonyl (C=O) groups excluding carboxylic acids is 1. The number of anilines is 1. The molecule has 0 aliphatic carbocycles. The molecule has 0 aliphatic rings. The maximum absolute atomic E-state index is 11.3. The van der Waals surface area contributed by atoms with E-state index in [0.717, 1.165) is 0 Å². The third-order valence-electron chi connectivity index (χ3n) is 1.66. The number of nitrogens with one attached hydrogen (secondary N) is 2. The SMILES string of the molecule is CCNC(=O)c1ccc(NCC(=O)O)nn1. The van der Waals surface area contributed by atoms with Gasteiger partial charge in [0, 0.05) is 6.54 Å². The van der Waals surface area contributed by atoms with Gasteiger partial charge in [0.05, 0.1) is 0 Å². The van der Waals surface area contributed by atoms with E-state index in [9.17, 15) is 9.59 Å². The molecular weight excluding hydrogens is 212 g/mol. The van der Waals surface area contributed by atoms with Crippen molar-refractivity contribution in [1.82, 2.24) is 15.5 Å². The smallest absolute Gasteiger partial charge is 0.322 e. The third-order valence-corrected chi connectivity index (χ3v) is 1.66. The van der Waals surface area contributed by atoms with Crippen molar-refractivity contribution in [3.05, 3.63) is 17.8 Å². The fourth-order valence-electron chi connectivity index (χ4n) is 0.965. The van der Waals surface area contributed by atoms with Crippen molar-refractivity contribution in [3.63, 3.8) is 0 Å². The first kappa shape index (κ1) is 11.9. The molecule has 0 saturated carbocycles. The van der Waals surface area contributed by atoms with Gasteiger partial charge in [-0.05, 0) is 19.1 Å².